The van der Waals surface area contributed by atoms with Crippen molar-refractivity contribution < 1.29 is 29.0 Å². The number of carbonyl (C=O) groups excluding carboxylic acids is 2. The fraction of sp³-hybridized carbons (Fsp3) is 0.261. The topological polar surface area (TPSA) is 128 Å². The van der Waals surface area contributed by atoms with Gasteiger partial charge in [0.25, 0.3) is 5.91 Å². The molecule has 1 aliphatic rings. The predicted molar refractivity (Wildman–Crippen MR) is 113 cm³/mol. The van der Waals surface area contributed by atoms with Gasteiger partial charge < -0.3 is 14.6 Å². The van der Waals surface area contributed by atoms with Gasteiger partial charge in [-0.3, -0.25) is 20.6 Å². The molecule has 31 heavy (non-hydrogen) atoms. The van der Waals surface area contributed by atoms with E-state index in [-0.39, 0.29) is 25.6 Å². The van der Waals surface area contributed by atoms with Gasteiger partial charge in [0.2, 0.25) is 0 Å². The van der Waals surface area contributed by atoms with Crippen LogP contribution in [-0.2, 0) is 19.1 Å². The third-order valence-corrected chi connectivity index (χ3v) is 5.11. The van der Waals surface area contributed by atoms with Crippen LogP contribution in [0.2, 0.25) is 0 Å². The molecule has 0 spiro atoms. The summed E-state index contributed by atoms with van der Waals surface area (Å²) in [7, 11) is 0. The average molecular weight is 424 g/mol. The molecule has 2 aromatic carbocycles. The predicted octanol–water partition coefficient (Wildman–Crippen LogP) is 2.77. The standard InChI is InChI=1S/C23H24N2O6/c1-2-13-31-23(24,12-11-20(26)27)21(28)25-22(29)30-14-19-17-9-5-3-7-15(17)16-8-4-6-10-18(16)19/h2-10,19H,1,11-14,24H2,(H,26,27)(H,25,28,29)/t23-/m1/s1. The molecule has 0 aliphatic heterocycles. The summed E-state index contributed by atoms with van der Waals surface area (Å²) < 4.78 is 10.6. The Bertz CT molecular complexity index is 960. The lowest BCUT2D eigenvalue weighted by molar-refractivity contribution is -0.148. The van der Waals surface area contributed by atoms with Gasteiger partial charge in [0.15, 0.2) is 5.72 Å². The summed E-state index contributed by atoms with van der Waals surface area (Å²) in [5, 5.41) is 10.9. The third-order valence-electron chi connectivity index (χ3n) is 5.11. The largest absolute Gasteiger partial charge is 0.481 e. The molecule has 0 fully saturated rings. The molecule has 0 aromatic heterocycles. The highest BCUT2D eigenvalue weighted by Crippen LogP contribution is 2.44. The van der Waals surface area contributed by atoms with Crippen LogP contribution in [0.15, 0.2) is 61.2 Å². The first-order valence-electron chi connectivity index (χ1n) is 9.77. The third kappa shape index (κ3) is 4.99. The minimum Gasteiger partial charge on any atom is -0.481 e. The normalized spacial score (nSPS) is 14.1. The number of carboxylic acid groups (broad SMARTS) is 1. The zero-order chi connectivity index (χ0) is 22.4. The number of nitrogens with two attached hydrogens (primary N) is 1. The van der Waals surface area contributed by atoms with Gasteiger partial charge >= 0.3 is 12.1 Å². The number of nitrogens with one attached hydrogen (secondary N) is 1. The molecule has 0 saturated carbocycles. The summed E-state index contributed by atoms with van der Waals surface area (Å²) in [5.74, 6) is -2.29. The Morgan fingerprint density at radius 2 is 1.68 bits per heavy atom. The lowest BCUT2D eigenvalue weighted by Gasteiger charge is -2.27. The Kier molecular flexibility index (Phi) is 6.84. The highest BCUT2D eigenvalue weighted by Gasteiger charge is 2.37. The van der Waals surface area contributed by atoms with Crippen LogP contribution in [0.1, 0.15) is 29.9 Å². The van der Waals surface area contributed by atoms with E-state index in [0.29, 0.717) is 0 Å². The van der Waals surface area contributed by atoms with Crippen molar-refractivity contribution in [2.45, 2.75) is 24.5 Å². The number of imide groups is 1. The number of benzene rings is 2. The van der Waals surface area contributed by atoms with E-state index in [0.717, 1.165) is 22.3 Å². The van der Waals surface area contributed by atoms with Gasteiger partial charge in [0, 0.05) is 18.8 Å². The molecule has 0 bridgehead atoms. The highest BCUT2D eigenvalue weighted by molar-refractivity contribution is 5.96. The van der Waals surface area contributed by atoms with Gasteiger partial charge in [-0.1, -0.05) is 54.6 Å². The number of carbonyl (C=O) groups is 3. The number of amides is 2. The number of hydrogen-bond acceptors (Lipinski definition) is 6. The van der Waals surface area contributed by atoms with E-state index < -0.39 is 30.1 Å². The van der Waals surface area contributed by atoms with Crippen molar-refractivity contribution in [3.05, 3.63) is 72.3 Å². The Balaban J connectivity index is 1.66. The van der Waals surface area contributed by atoms with E-state index in [1.54, 1.807) is 0 Å². The van der Waals surface area contributed by atoms with E-state index in [1.807, 2.05) is 53.8 Å². The minimum absolute atomic E-state index is 0.0212. The Labute approximate surface area is 179 Å². The quantitative estimate of drug-likeness (QED) is 0.417. The fourth-order valence-electron chi connectivity index (χ4n) is 3.58. The molecule has 162 valence electrons. The number of aliphatic carboxylic acids is 1. The van der Waals surface area contributed by atoms with Gasteiger partial charge in [-0.25, -0.2) is 4.79 Å². The molecule has 8 heteroatoms. The summed E-state index contributed by atoms with van der Waals surface area (Å²) >= 11 is 0. The number of alkyl carbamates (subject to hydrolysis) is 1. The van der Waals surface area contributed by atoms with Crippen LogP contribution in [-0.4, -0.2) is 42.0 Å². The zero-order valence-corrected chi connectivity index (χ0v) is 16.9. The number of fused-ring (bicyclic) bond motifs is 3. The molecule has 0 radical (unpaired) electrons. The number of carboxylic acids is 1. The minimum atomic E-state index is -2.00. The van der Waals surface area contributed by atoms with Crippen LogP contribution in [0, 0.1) is 0 Å². The van der Waals surface area contributed by atoms with Crippen LogP contribution >= 0.6 is 0 Å². The van der Waals surface area contributed by atoms with Crippen molar-refractivity contribution in [3.63, 3.8) is 0 Å². The van der Waals surface area contributed by atoms with Crippen LogP contribution in [0.3, 0.4) is 0 Å². The van der Waals surface area contributed by atoms with Crippen LogP contribution in [0.25, 0.3) is 11.1 Å². The summed E-state index contributed by atoms with van der Waals surface area (Å²) in [6, 6.07) is 15.7. The maximum atomic E-state index is 12.5. The smallest absolute Gasteiger partial charge is 0.413 e. The summed E-state index contributed by atoms with van der Waals surface area (Å²) in [4.78, 5) is 35.6. The van der Waals surface area contributed by atoms with Gasteiger partial charge in [-0.15, -0.1) is 6.58 Å². The molecule has 0 heterocycles. The maximum Gasteiger partial charge on any atom is 0.413 e. The number of hydrogen-bond donors (Lipinski definition) is 3. The second kappa shape index (κ2) is 9.55. The molecule has 3 rings (SSSR count). The van der Waals surface area contributed by atoms with Gasteiger partial charge in [0.1, 0.15) is 6.61 Å². The van der Waals surface area contributed by atoms with Crippen molar-refractivity contribution in [1.29, 1.82) is 0 Å². The van der Waals surface area contributed by atoms with E-state index in [4.69, 9.17) is 20.3 Å². The fourth-order valence-corrected chi connectivity index (χ4v) is 3.58. The Morgan fingerprint density at radius 1 is 1.10 bits per heavy atom. The monoisotopic (exact) mass is 424 g/mol. The molecular weight excluding hydrogens is 400 g/mol. The zero-order valence-electron chi connectivity index (χ0n) is 16.9. The second-order valence-electron chi connectivity index (χ2n) is 7.16. The van der Waals surface area contributed by atoms with Crippen LogP contribution in [0.5, 0.6) is 0 Å². The van der Waals surface area contributed by atoms with Crippen molar-refractivity contribution in [3.8, 4) is 11.1 Å². The van der Waals surface area contributed by atoms with Crippen LogP contribution in [0.4, 0.5) is 4.79 Å². The molecule has 8 nitrogen and oxygen atoms in total. The summed E-state index contributed by atoms with van der Waals surface area (Å²) in [6.07, 6.45) is -0.355. The van der Waals surface area contributed by atoms with Crippen molar-refractivity contribution in [1.82, 2.24) is 5.32 Å². The lowest BCUT2D eigenvalue weighted by atomic mass is 9.98. The number of ether oxygens (including phenoxy) is 2. The van der Waals surface area contributed by atoms with E-state index >= 15 is 0 Å². The summed E-state index contributed by atoms with van der Waals surface area (Å²) in [5.41, 5.74) is 8.14. The highest BCUT2D eigenvalue weighted by atomic mass is 16.6. The van der Waals surface area contributed by atoms with E-state index in [9.17, 15) is 14.4 Å². The molecular formula is C23H24N2O6. The van der Waals surface area contributed by atoms with E-state index in [1.165, 1.54) is 6.08 Å². The maximum absolute atomic E-state index is 12.5. The molecule has 0 saturated heterocycles. The first kappa shape index (κ1) is 22.2. The molecule has 1 aliphatic carbocycles. The Morgan fingerprint density at radius 3 is 2.23 bits per heavy atom. The van der Waals surface area contributed by atoms with Gasteiger partial charge in [0.05, 0.1) is 6.61 Å². The molecule has 2 amide bonds. The summed E-state index contributed by atoms with van der Waals surface area (Å²) in [6.45, 7) is 3.40. The van der Waals surface area contributed by atoms with Gasteiger partial charge in [-0.2, -0.15) is 0 Å². The van der Waals surface area contributed by atoms with Crippen LogP contribution < -0.4 is 11.1 Å². The second-order valence-corrected chi connectivity index (χ2v) is 7.16. The van der Waals surface area contributed by atoms with Crippen molar-refractivity contribution >= 4 is 18.0 Å². The molecule has 0 unspecified atom stereocenters. The molecule has 1 atom stereocenters. The first-order valence-corrected chi connectivity index (χ1v) is 9.77. The van der Waals surface area contributed by atoms with Crippen molar-refractivity contribution in [2.24, 2.45) is 5.73 Å². The molecule has 4 N–H and O–H groups in total. The van der Waals surface area contributed by atoms with E-state index in [2.05, 4.69) is 6.58 Å². The molecule has 2 aromatic rings. The Hall–Kier alpha value is -3.49. The number of rotatable bonds is 9. The first-order chi connectivity index (χ1) is 14.9. The average Bonchev–Trinajstić information content (AvgIpc) is 3.08. The lowest BCUT2D eigenvalue weighted by Crippen LogP contribution is -2.57. The van der Waals surface area contributed by atoms with Gasteiger partial charge in [-0.05, 0) is 22.3 Å². The SMILES string of the molecule is C=CCO[C@](N)(CCC(=O)O)C(=O)NC(=O)OCC1c2ccccc2-c2ccccc21. The van der Waals surface area contributed by atoms with Crippen molar-refractivity contribution in [2.75, 3.05) is 13.2 Å².